The van der Waals surface area contributed by atoms with Crippen molar-refractivity contribution >= 4 is 39.2 Å². The van der Waals surface area contributed by atoms with Crippen molar-refractivity contribution in [2.45, 2.75) is 18.7 Å². The fourth-order valence-electron chi connectivity index (χ4n) is 2.51. The second kappa shape index (κ2) is 11.0. The van der Waals surface area contributed by atoms with Gasteiger partial charge < -0.3 is 14.8 Å². The number of amides is 1. The Morgan fingerprint density at radius 2 is 1.63 bits per heavy atom. The van der Waals surface area contributed by atoms with Gasteiger partial charge in [0, 0.05) is 18.8 Å². The van der Waals surface area contributed by atoms with E-state index in [0.717, 1.165) is 0 Å². The number of esters is 1. The van der Waals surface area contributed by atoms with E-state index in [0.29, 0.717) is 29.5 Å². The third kappa shape index (κ3) is 6.45. The number of anilines is 1. The highest BCUT2D eigenvalue weighted by Crippen LogP contribution is 2.23. The number of nitrogens with one attached hydrogen (secondary N) is 1. The SMILES string of the molecule is CCN(CC)S(=O)(=O)c1ccc(NC(=O)COC(=O)COc2ccccc2Cl)cc1. The minimum Gasteiger partial charge on any atom is -0.480 e. The summed E-state index contributed by atoms with van der Waals surface area (Å²) in [7, 11) is -3.57. The van der Waals surface area contributed by atoms with Crippen LogP contribution in [0.15, 0.2) is 53.4 Å². The molecular weight excluding hydrogens is 432 g/mol. The highest BCUT2D eigenvalue weighted by molar-refractivity contribution is 7.89. The molecule has 2 rings (SSSR count). The molecule has 0 saturated carbocycles. The van der Waals surface area contributed by atoms with Crippen molar-refractivity contribution in [2.24, 2.45) is 0 Å². The molecule has 2 aromatic carbocycles. The maximum atomic E-state index is 12.5. The Morgan fingerprint density at radius 3 is 2.23 bits per heavy atom. The predicted molar refractivity (Wildman–Crippen MR) is 113 cm³/mol. The van der Waals surface area contributed by atoms with Gasteiger partial charge in [0.2, 0.25) is 10.0 Å². The van der Waals surface area contributed by atoms with Crippen LogP contribution in [0.2, 0.25) is 5.02 Å². The number of nitrogens with zero attached hydrogens (tertiary/aromatic N) is 1. The first-order valence-electron chi connectivity index (χ1n) is 9.21. The number of sulfonamides is 1. The molecule has 162 valence electrons. The van der Waals surface area contributed by atoms with Crippen molar-refractivity contribution in [2.75, 3.05) is 31.6 Å². The maximum absolute atomic E-state index is 12.5. The van der Waals surface area contributed by atoms with Crippen LogP contribution < -0.4 is 10.1 Å². The Balaban J connectivity index is 1.83. The standard InChI is InChI=1S/C20H23ClN2O6S/c1-3-23(4-2)30(26,27)16-11-9-15(10-12-16)22-19(24)13-29-20(25)14-28-18-8-6-5-7-17(18)21/h5-12H,3-4,13-14H2,1-2H3,(H,22,24). The zero-order valence-corrected chi connectivity index (χ0v) is 18.2. The summed E-state index contributed by atoms with van der Waals surface area (Å²) in [6, 6.07) is 12.4. The third-order valence-corrected chi connectivity index (χ3v) is 6.40. The molecule has 30 heavy (non-hydrogen) atoms. The summed E-state index contributed by atoms with van der Waals surface area (Å²) in [5.74, 6) is -0.966. The lowest BCUT2D eigenvalue weighted by atomic mass is 10.3. The molecule has 0 aliphatic heterocycles. The van der Waals surface area contributed by atoms with Crippen molar-refractivity contribution in [3.63, 3.8) is 0 Å². The van der Waals surface area contributed by atoms with E-state index in [1.165, 1.54) is 28.6 Å². The average Bonchev–Trinajstić information content (AvgIpc) is 2.73. The molecule has 0 aliphatic carbocycles. The van der Waals surface area contributed by atoms with Crippen molar-refractivity contribution < 1.29 is 27.5 Å². The van der Waals surface area contributed by atoms with Crippen LogP contribution >= 0.6 is 11.6 Å². The summed E-state index contributed by atoms with van der Waals surface area (Å²) >= 11 is 5.92. The van der Waals surface area contributed by atoms with Gasteiger partial charge in [-0.3, -0.25) is 4.79 Å². The van der Waals surface area contributed by atoms with E-state index in [-0.39, 0.29) is 4.90 Å². The van der Waals surface area contributed by atoms with E-state index in [9.17, 15) is 18.0 Å². The monoisotopic (exact) mass is 454 g/mol. The van der Waals surface area contributed by atoms with Gasteiger partial charge in [-0.25, -0.2) is 13.2 Å². The molecule has 0 atom stereocenters. The second-order valence-corrected chi connectivity index (χ2v) is 8.39. The van der Waals surface area contributed by atoms with E-state index in [1.54, 1.807) is 38.1 Å². The van der Waals surface area contributed by atoms with Crippen LogP contribution in [0.5, 0.6) is 5.75 Å². The molecule has 2 aromatic rings. The van der Waals surface area contributed by atoms with Crippen LogP contribution in [0.3, 0.4) is 0 Å². The normalized spacial score (nSPS) is 11.2. The lowest BCUT2D eigenvalue weighted by Crippen LogP contribution is -2.30. The molecule has 0 spiro atoms. The number of carbonyl (C=O) groups excluding carboxylic acids is 2. The van der Waals surface area contributed by atoms with Gasteiger partial charge in [-0.05, 0) is 36.4 Å². The Labute approximate surface area is 180 Å². The van der Waals surface area contributed by atoms with Gasteiger partial charge in [-0.15, -0.1) is 0 Å². The fraction of sp³-hybridized carbons (Fsp3) is 0.300. The number of ether oxygens (including phenoxy) is 2. The smallest absolute Gasteiger partial charge is 0.344 e. The number of halogens is 1. The number of benzene rings is 2. The van der Waals surface area contributed by atoms with E-state index >= 15 is 0 Å². The van der Waals surface area contributed by atoms with Gasteiger partial charge in [-0.2, -0.15) is 4.31 Å². The van der Waals surface area contributed by atoms with Crippen LogP contribution in [-0.2, 0) is 24.3 Å². The van der Waals surface area contributed by atoms with Crippen LogP contribution in [0, 0.1) is 0 Å². The molecule has 1 N–H and O–H groups in total. The molecule has 0 radical (unpaired) electrons. The van der Waals surface area contributed by atoms with Gasteiger partial charge in [0.15, 0.2) is 13.2 Å². The average molecular weight is 455 g/mol. The van der Waals surface area contributed by atoms with E-state index in [2.05, 4.69) is 5.32 Å². The molecule has 8 nitrogen and oxygen atoms in total. The topological polar surface area (TPSA) is 102 Å². The first-order chi connectivity index (χ1) is 14.3. The first kappa shape index (κ1) is 23.7. The second-order valence-electron chi connectivity index (χ2n) is 6.04. The molecule has 0 aromatic heterocycles. The molecule has 0 unspecified atom stereocenters. The quantitative estimate of drug-likeness (QED) is 0.554. The van der Waals surface area contributed by atoms with Gasteiger partial charge in [0.05, 0.1) is 9.92 Å². The van der Waals surface area contributed by atoms with Crippen LogP contribution in [0.4, 0.5) is 5.69 Å². The maximum Gasteiger partial charge on any atom is 0.344 e. The molecule has 0 aliphatic rings. The molecule has 0 fully saturated rings. The summed E-state index contributed by atoms with van der Waals surface area (Å²) in [5.41, 5.74) is 0.377. The molecule has 0 heterocycles. The predicted octanol–water partition coefficient (Wildman–Crippen LogP) is 2.93. The zero-order chi connectivity index (χ0) is 22.1. The Kier molecular flexibility index (Phi) is 8.64. The van der Waals surface area contributed by atoms with E-state index < -0.39 is 35.1 Å². The Bertz CT molecular complexity index is 975. The molecule has 0 bridgehead atoms. The largest absolute Gasteiger partial charge is 0.480 e. The van der Waals surface area contributed by atoms with Gasteiger partial charge in [-0.1, -0.05) is 37.6 Å². The number of carbonyl (C=O) groups is 2. The number of hydrogen-bond donors (Lipinski definition) is 1. The molecular formula is C20H23ClN2O6S. The van der Waals surface area contributed by atoms with E-state index in [4.69, 9.17) is 21.1 Å². The van der Waals surface area contributed by atoms with Crippen molar-refractivity contribution in [3.05, 3.63) is 53.6 Å². The summed E-state index contributed by atoms with van der Waals surface area (Å²) in [6.07, 6.45) is 0. The van der Waals surface area contributed by atoms with E-state index in [1.807, 2.05) is 0 Å². The third-order valence-electron chi connectivity index (χ3n) is 4.03. The summed E-state index contributed by atoms with van der Waals surface area (Å²) < 4.78 is 36.3. The van der Waals surface area contributed by atoms with Crippen LogP contribution in [-0.4, -0.2) is 50.9 Å². The minimum atomic E-state index is -3.57. The summed E-state index contributed by atoms with van der Waals surface area (Å²) in [4.78, 5) is 23.8. The molecule has 0 saturated heterocycles. The first-order valence-corrected chi connectivity index (χ1v) is 11.0. The van der Waals surface area contributed by atoms with Crippen LogP contribution in [0.25, 0.3) is 0 Å². The zero-order valence-electron chi connectivity index (χ0n) is 16.6. The van der Waals surface area contributed by atoms with Crippen molar-refractivity contribution in [3.8, 4) is 5.75 Å². The lowest BCUT2D eigenvalue weighted by molar-refractivity contribution is -0.149. The summed E-state index contributed by atoms with van der Waals surface area (Å²) in [5, 5.41) is 2.89. The highest BCUT2D eigenvalue weighted by Gasteiger charge is 2.21. The lowest BCUT2D eigenvalue weighted by Gasteiger charge is -2.18. The van der Waals surface area contributed by atoms with Gasteiger partial charge in [0.25, 0.3) is 5.91 Å². The van der Waals surface area contributed by atoms with Crippen LogP contribution in [0.1, 0.15) is 13.8 Å². The fourth-order valence-corrected chi connectivity index (χ4v) is 4.15. The number of para-hydroxylation sites is 1. The minimum absolute atomic E-state index is 0.132. The number of hydrogen-bond acceptors (Lipinski definition) is 6. The highest BCUT2D eigenvalue weighted by atomic mass is 35.5. The number of rotatable bonds is 10. The van der Waals surface area contributed by atoms with Gasteiger partial charge >= 0.3 is 5.97 Å². The van der Waals surface area contributed by atoms with Gasteiger partial charge in [0.1, 0.15) is 5.75 Å². The molecule has 1 amide bonds. The Hall–Kier alpha value is -2.62. The molecule has 10 heteroatoms. The van der Waals surface area contributed by atoms with Crippen molar-refractivity contribution in [1.82, 2.24) is 4.31 Å². The van der Waals surface area contributed by atoms with Crippen molar-refractivity contribution in [1.29, 1.82) is 0 Å². The summed E-state index contributed by atoms with van der Waals surface area (Å²) in [6.45, 7) is 3.34. The Morgan fingerprint density at radius 1 is 1.00 bits per heavy atom.